The molecule has 6 heteroatoms. The number of methoxy groups -OCH3 is 2. The Balaban J connectivity index is 1.60. The van der Waals surface area contributed by atoms with Crippen molar-refractivity contribution < 1.29 is 9.47 Å². The van der Waals surface area contributed by atoms with Crippen molar-refractivity contribution in [1.29, 1.82) is 0 Å². The maximum atomic E-state index is 5.68. The average Bonchev–Trinajstić information content (AvgIpc) is 3.22. The van der Waals surface area contributed by atoms with Crippen molar-refractivity contribution in [2.45, 2.75) is 76.0 Å². The topological polar surface area (TPSA) is 45.8 Å². The maximum Gasteiger partial charge on any atom is 0.166 e. The van der Waals surface area contributed by atoms with E-state index < -0.39 is 0 Å². The molecule has 5 nitrogen and oxygen atoms in total. The van der Waals surface area contributed by atoms with Gasteiger partial charge in [0.15, 0.2) is 16.6 Å². The summed E-state index contributed by atoms with van der Waals surface area (Å²) in [6, 6.07) is 18.6. The van der Waals surface area contributed by atoms with Gasteiger partial charge in [-0.2, -0.15) is 0 Å². The number of thiocarbonyl (C=S) groups is 1. The lowest BCUT2D eigenvalue weighted by molar-refractivity contribution is 0.134. The van der Waals surface area contributed by atoms with E-state index in [0.29, 0.717) is 18.1 Å². The summed E-state index contributed by atoms with van der Waals surface area (Å²) in [5, 5.41) is 7.86. The number of likely N-dealkylation sites (tertiary alicyclic amines) is 1. The number of nitrogens with zero attached hydrogens (tertiary/aromatic N) is 1. The van der Waals surface area contributed by atoms with Gasteiger partial charge in [-0.1, -0.05) is 43.3 Å². The first-order valence-corrected chi connectivity index (χ1v) is 13.0. The highest BCUT2D eigenvalue weighted by Crippen LogP contribution is 2.50. The molecule has 4 atom stereocenters. The van der Waals surface area contributed by atoms with Crippen LogP contribution in [0.15, 0.2) is 48.5 Å². The zero-order valence-electron chi connectivity index (χ0n) is 21.0. The van der Waals surface area contributed by atoms with Crippen LogP contribution in [-0.4, -0.2) is 48.9 Å². The summed E-state index contributed by atoms with van der Waals surface area (Å²) in [6.07, 6.45) is 5.52. The van der Waals surface area contributed by atoms with Crippen molar-refractivity contribution in [2.24, 2.45) is 0 Å². The first kappa shape index (κ1) is 24.8. The lowest BCUT2D eigenvalue weighted by atomic mass is 9.65. The number of rotatable bonds is 8. The number of benzene rings is 2. The van der Waals surface area contributed by atoms with E-state index in [1.54, 1.807) is 14.2 Å². The van der Waals surface area contributed by atoms with Crippen molar-refractivity contribution in [1.82, 2.24) is 15.5 Å². The van der Waals surface area contributed by atoms with E-state index in [9.17, 15) is 0 Å². The SMILES string of the molecule is CCC(C)NC(=S)N[C@H]1CC[C@@]2(c3ccc(OC)c(OC)c3)CCN(Cc3ccccc3)[C@@H]2C1. The van der Waals surface area contributed by atoms with Crippen LogP contribution >= 0.6 is 12.2 Å². The number of fused-ring (bicyclic) bond motifs is 1. The highest BCUT2D eigenvalue weighted by molar-refractivity contribution is 7.80. The van der Waals surface area contributed by atoms with Crippen LogP contribution in [0.5, 0.6) is 11.5 Å². The van der Waals surface area contributed by atoms with Crippen molar-refractivity contribution in [3.8, 4) is 11.5 Å². The van der Waals surface area contributed by atoms with Crippen molar-refractivity contribution in [3.05, 3.63) is 59.7 Å². The molecule has 184 valence electrons. The Hall–Kier alpha value is -2.31. The largest absolute Gasteiger partial charge is 0.493 e. The molecular weight excluding hydrogens is 442 g/mol. The molecule has 0 amide bonds. The van der Waals surface area contributed by atoms with Crippen LogP contribution in [-0.2, 0) is 12.0 Å². The van der Waals surface area contributed by atoms with E-state index in [2.05, 4.69) is 77.9 Å². The van der Waals surface area contributed by atoms with Crippen LogP contribution in [0.4, 0.5) is 0 Å². The smallest absolute Gasteiger partial charge is 0.166 e. The molecule has 1 saturated heterocycles. The van der Waals surface area contributed by atoms with E-state index in [-0.39, 0.29) is 5.41 Å². The van der Waals surface area contributed by atoms with E-state index in [4.69, 9.17) is 21.7 Å². The fourth-order valence-electron chi connectivity index (χ4n) is 5.82. The van der Waals surface area contributed by atoms with Gasteiger partial charge in [0.05, 0.1) is 14.2 Å². The van der Waals surface area contributed by atoms with Gasteiger partial charge in [0, 0.05) is 30.1 Å². The first-order valence-electron chi connectivity index (χ1n) is 12.6. The molecule has 0 radical (unpaired) electrons. The minimum atomic E-state index is 0.109. The van der Waals surface area contributed by atoms with Crippen LogP contribution in [0.3, 0.4) is 0 Å². The van der Waals surface area contributed by atoms with Gasteiger partial charge in [-0.3, -0.25) is 4.90 Å². The molecule has 0 spiro atoms. The van der Waals surface area contributed by atoms with Gasteiger partial charge in [0.1, 0.15) is 0 Å². The van der Waals surface area contributed by atoms with Crippen LogP contribution in [0.1, 0.15) is 57.1 Å². The Morgan fingerprint density at radius 1 is 1.12 bits per heavy atom. The standard InChI is InChI=1S/C28H39N3O2S/c1-5-20(2)29-27(34)30-23-13-14-28(22-11-12-24(32-3)25(17-22)33-4)15-16-31(26(28)18-23)19-21-9-7-6-8-10-21/h6-12,17,20,23,26H,5,13-16,18-19H2,1-4H3,(H2,29,30,34)/t20?,23-,26+,28-/m0/s1. The Kier molecular flexibility index (Phi) is 7.99. The van der Waals surface area contributed by atoms with E-state index in [1.807, 2.05) is 0 Å². The monoisotopic (exact) mass is 481 g/mol. The Labute approximate surface area is 210 Å². The van der Waals surface area contributed by atoms with E-state index in [1.165, 1.54) is 11.1 Å². The Morgan fingerprint density at radius 2 is 1.88 bits per heavy atom. The minimum absolute atomic E-state index is 0.109. The summed E-state index contributed by atoms with van der Waals surface area (Å²) in [4.78, 5) is 2.69. The normalized spacial score (nSPS) is 25.3. The van der Waals surface area contributed by atoms with Crippen LogP contribution in [0.2, 0.25) is 0 Å². The van der Waals surface area contributed by atoms with Gasteiger partial charge in [-0.15, -0.1) is 0 Å². The second-order valence-electron chi connectivity index (χ2n) is 9.85. The highest BCUT2D eigenvalue weighted by atomic mass is 32.1. The lowest BCUT2D eigenvalue weighted by Crippen LogP contribution is -2.54. The zero-order valence-corrected chi connectivity index (χ0v) is 21.8. The predicted octanol–water partition coefficient (Wildman–Crippen LogP) is 5.03. The van der Waals surface area contributed by atoms with E-state index >= 15 is 0 Å². The van der Waals surface area contributed by atoms with Gasteiger partial charge in [0.2, 0.25) is 0 Å². The third kappa shape index (κ3) is 5.18. The van der Waals surface area contributed by atoms with Crippen molar-refractivity contribution in [3.63, 3.8) is 0 Å². The number of ether oxygens (including phenoxy) is 2. The second kappa shape index (κ2) is 11.0. The molecule has 1 aliphatic carbocycles. The van der Waals surface area contributed by atoms with E-state index in [0.717, 1.165) is 61.8 Å². The summed E-state index contributed by atoms with van der Waals surface area (Å²) < 4.78 is 11.2. The third-order valence-electron chi connectivity index (χ3n) is 7.88. The zero-order chi connectivity index (χ0) is 24.1. The molecule has 1 unspecified atom stereocenters. The number of nitrogens with one attached hydrogen (secondary N) is 2. The summed E-state index contributed by atoms with van der Waals surface area (Å²) >= 11 is 5.65. The fraction of sp³-hybridized carbons (Fsp3) is 0.536. The molecular formula is C28H39N3O2S. The molecule has 0 bridgehead atoms. The molecule has 2 fully saturated rings. The van der Waals surface area contributed by atoms with Crippen LogP contribution in [0.25, 0.3) is 0 Å². The highest BCUT2D eigenvalue weighted by Gasteiger charge is 2.51. The molecule has 2 aromatic rings. The summed E-state index contributed by atoms with van der Waals surface area (Å²) in [6.45, 7) is 6.42. The summed E-state index contributed by atoms with van der Waals surface area (Å²) in [5.74, 6) is 1.60. The van der Waals surface area contributed by atoms with Gasteiger partial charge >= 0.3 is 0 Å². The molecule has 34 heavy (non-hydrogen) atoms. The van der Waals surface area contributed by atoms with Gasteiger partial charge < -0.3 is 20.1 Å². The Morgan fingerprint density at radius 3 is 2.59 bits per heavy atom. The third-order valence-corrected chi connectivity index (χ3v) is 8.12. The van der Waals surface area contributed by atoms with Crippen LogP contribution in [0, 0.1) is 0 Å². The van der Waals surface area contributed by atoms with Gasteiger partial charge in [-0.25, -0.2) is 0 Å². The van der Waals surface area contributed by atoms with Gasteiger partial charge in [-0.05, 0) is 81.1 Å². The molecule has 2 aliphatic rings. The predicted molar refractivity (Wildman–Crippen MR) is 143 cm³/mol. The van der Waals surface area contributed by atoms with Gasteiger partial charge in [0.25, 0.3) is 0 Å². The fourth-order valence-corrected chi connectivity index (χ4v) is 6.19. The van der Waals surface area contributed by atoms with Crippen molar-refractivity contribution in [2.75, 3.05) is 20.8 Å². The minimum Gasteiger partial charge on any atom is -0.493 e. The molecule has 2 N–H and O–H groups in total. The first-order chi connectivity index (χ1) is 16.5. The average molecular weight is 482 g/mol. The maximum absolute atomic E-state index is 5.68. The number of hydrogen-bond acceptors (Lipinski definition) is 4. The molecule has 4 rings (SSSR count). The molecule has 1 saturated carbocycles. The Bertz CT molecular complexity index is 969. The number of hydrogen-bond donors (Lipinski definition) is 2. The lowest BCUT2D eigenvalue weighted by Gasteiger charge is -2.46. The second-order valence-corrected chi connectivity index (χ2v) is 10.3. The summed E-state index contributed by atoms with van der Waals surface area (Å²) in [5.41, 5.74) is 2.84. The molecule has 0 aromatic heterocycles. The summed E-state index contributed by atoms with van der Waals surface area (Å²) in [7, 11) is 3.42. The van der Waals surface area contributed by atoms with Crippen LogP contribution < -0.4 is 20.1 Å². The van der Waals surface area contributed by atoms with Crippen molar-refractivity contribution >= 4 is 17.3 Å². The molecule has 1 aliphatic heterocycles. The molecule has 1 heterocycles. The molecule has 2 aromatic carbocycles. The quantitative estimate of drug-likeness (QED) is 0.516.